The van der Waals surface area contributed by atoms with Crippen LogP contribution in [0.1, 0.15) is 82.9 Å². The fourth-order valence-corrected chi connectivity index (χ4v) is 5.27. The summed E-state index contributed by atoms with van der Waals surface area (Å²) in [5, 5.41) is 0. The zero-order valence-corrected chi connectivity index (χ0v) is 25.4. The number of carbonyl (C=O) groups is 4. The molecule has 2 aliphatic heterocycles. The molecule has 2 aliphatic rings. The first-order valence-electron chi connectivity index (χ1n) is 14.0. The highest BCUT2D eigenvalue weighted by Gasteiger charge is 2.52. The van der Waals surface area contributed by atoms with Crippen molar-refractivity contribution in [2.45, 2.75) is 90.5 Å². The molecule has 2 aromatic rings. The fourth-order valence-electron chi connectivity index (χ4n) is 5.27. The van der Waals surface area contributed by atoms with E-state index in [1.807, 2.05) is 18.2 Å². The van der Waals surface area contributed by atoms with Crippen LogP contribution in [0.3, 0.4) is 0 Å². The quantitative estimate of drug-likeness (QED) is 0.335. The Balaban J connectivity index is 1.78. The topological polar surface area (TPSA) is 133 Å². The van der Waals surface area contributed by atoms with Crippen LogP contribution in [0.4, 0.5) is 0 Å². The maximum Gasteiger partial charge on any atom is 0.303 e. The van der Waals surface area contributed by atoms with Gasteiger partial charge in [0.05, 0.1) is 0 Å². The molecule has 0 bridgehead atoms. The Hall–Kier alpha value is -3.96. The zero-order valence-electron chi connectivity index (χ0n) is 25.4. The van der Waals surface area contributed by atoms with Gasteiger partial charge in [-0.15, -0.1) is 0 Å². The molecular formula is C32H38O11. The average molecular weight is 599 g/mol. The van der Waals surface area contributed by atoms with Gasteiger partial charge in [-0.05, 0) is 34.2 Å². The van der Waals surface area contributed by atoms with Crippen molar-refractivity contribution >= 4 is 23.9 Å². The van der Waals surface area contributed by atoms with Gasteiger partial charge in [0.15, 0.2) is 25.1 Å². The van der Waals surface area contributed by atoms with Crippen molar-refractivity contribution in [2.24, 2.45) is 0 Å². The molecule has 6 atom stereocenters. The Morgan fingerprint density at radius 2 is 1.35 bits per heavy atom. The number of hydrogen-bond donors (Lipinski definition) is 0. The maximum atomic E-state index is 12.3. The molecule has 43 heavy (non-hydrogen) atoms. The van der Waals surface area contributed by atoms with Crippen molar-refractivity contribution in [3.8, 4) is 5.75 Å². The van der Waals surface area contributed by atoms with Crippen LogP contribution in [-0.2, 0) is 53.0 Å². The summed E-state index contributed by atoms with van der Waals surface area (Å²) in [4.78, 5) is 48.2. The maximum absolute atomic E-state index is 12.3. The molecule has 1 saturated heterocycles. The minimum atomic E-state index is -1.27. The van der Waals surface area contributed by atoms with Gasteiger partial charge < -0.3 is 33.2 Å². The van der Waals surface area contributed by atoms with Crippen molar-refractivity contribution in [1.82, 2.24) is 0 Å². The van der Waals surface area contributed by atoms with Crippen LogP contribution in [-0.4, -0.2) is 61.7 Å². The van der Waals surface area contributed by atoms with E-state index in [0.29, 0.717) is 16.9 Å². The van der Waals surface area contributed by atoms with Crippen LogP contribution in [0, 0.1) is 0 Å². The minimum Gasteiger partial charge on any atom is -0.467 e. The van der Waals surface area contributed by atoms with Crippen LogP contribution in [0.15, 0.2) is 42.5 Å². The second kappa shape index (κ2) is 13.1. The van der Waals surface area contributed by atoms with E-state index >= 15 is 0 Å². The first-order valence-corrected chi connectivity index (χ1v) is 14.0. The number of rotatable bonds is 7. The molecule has 0 saturated carbocycles. The predicted octanol–water partition coefficient (Wildman–Crippen LogP) is 4.24. The third kappa shape index (κ3) is 7.71. The summed E-state index contributed by atoms with van der Waals surface area (Å²) in [7, 11) is 0. The lowest BCUT2D eigenvalue weighted by Crippen LogP contribution is -2.59. The van der Waals surface area contributed by atoms with Crippen molar-refractivity contribution in [2.75, 3.05) is 13.4 Å². The predicted molar refractivity (Wildman–Crippen MR) is 151 cm³/mol. The van der Waals surface area contributed by atoms with E-state index in [-0.39, 0.29) is 18.8 Å². The number of ether oxygens (including phenoxy) is 7. The third-order valence-corrected chi connectivity index (χ3v) is 7.16. The Bertz CT molecular complexity index is 1340. The SMILES string of the molecule is CC(=O)OCC1OC(c2ccc3c(c2)C(c2ccc(C(C)(C)C)cc2)OCO3)C(OC(C)=O)C(OC(C)=O)C1OC(C)=O. The Morgan fingerprint density at radius 1 is 0.767 bits per heavy atom. The van der Waals surface area contributed by atoms with Gasteiger partial charge in [-0.2, -0.15) is 0 Å². The van der Waals surface area contributed by atoms with E-state index in [0.717, 1.165) is 5.56 Å². The average Bonchev–Trinajstić information content (AvgIpc) is 2.92. The molecule has 2 aromatic carbocycles. The summed E-state index contributed by atoms with van der Waals surface area (Å²) in [5.74, 6) is -2.04. The molecule has 2 heterocycles. The zero-order chi connectivity index (χ0) is 31.5. The van der Waals surface area contributed by atoms with E-state index in [4.69, 9.17) is 33.2 Å². The molecule has 11 heteroatoms. The van der Waals surface area contributed by atoms with Crippen LogP contribution in [0.5, 0.6) is 5.75 Å². The highest BCUT2D eigenvalue weighted by molar-refractivity contribution is 5.69. The van der Waals surface area contributed by atoms with Crippen molar-refractivity contribution in [1.29, 1.82) is 0 Å². The van der Waals surface area contributed by atoms with Gasteiger partial charge in [-0.1, -0.05) is 51.1 Å². The van der Waals surface area contributed by atoms with E-state index in [9.17, 15) is 19.2 Å². The second-order valence-corrected chi connectivity index (χ2v) is 11.6. The lowest BCUT2D eigenvalue weighted by atomic mass is 9.85. The summed E-state index contributed by atoms with van der Waals surface area (Å²) < 4.78 is 40.1. The van der Waals surface area contributed by atoms with Crippen molar-refractivity contribution in [3.05, 3.63) is 64.7 Å². The normalized spacial score (nSPS) is 25.0. The molecule has 6 unspecified atom stereocenters. The molecule has 4 rings (SSSR count). The minimum absolute atomic E-state index is 0.0186. The number of fused-ring (bicyclic) bond motifs is 1. The van der Waals surface area contributed by atoms with Crippen LogP contribution in [0.2, 0.25) is 0 Å². The van der Waals surface area contributed by atoms with Crippen LogP contribution in [0.25, 0.3) is 0 Å². The van der Waals surface area contributed by atoms with Gasteiger partial charge in [-0.3, -0.25) is 19.2 Å². The molecule has 232 valence electrons. The summed E-state index contributed by atoms with van der Waals surface area (Å²) in [6, 6.07) is 13.5. The Morgan fingerprint density at radius 3 is 1.93 bits per heavy atom. The molecule has 0 aliphatic carbocycles. The lowest BCUT2D eigenvalue weighted by molar-refractivity contribution is -0.254. The summed E-state index contributed by atoms with van der Waals surface area (Å²) >= 11 is 0. The van der Waals surface area contributed by atoms with Crippen LogP contribution >= 0.6 is 0 Å². The highest BCUT2D eigenvalue weighted by atomic mass is 16.7. The monoisotopic (exact) mass is 598 g/mol. The standard InChI is InChI=1S/C32H38O11/c1-17(33)37-15-26-29(40-18(2)34)31(42-20(4)36)30(41-19(3)35)28(43-26)22-10-13-25-24(14-22)27(39-16-38-25)21-8-11-23(12-9-21)32(5,6)7/h8-14,26-31H,15-16H2,1-7H3. The molecule has 11 nitrogen and oxygen atoms in total. The molecular weight excluding hydrogens is 560 g/mol. The van der Waals surface area contributed by atoms with Crippen LogP contribution < -0.4 is 4.74 Å². The first kappa shape index (κ1) is 32.0. The highest BCUT2D eigenvalue weighted by Crippen LogP contribution is 2.42. The van der Waals surface area contributed by atoms with Gasteiger partial charge in [0.25, 0.3) is 0 Å². The summed E-state index contributed by atoms with van der Waals surface area (Å²) in [5.41, 5.74) is 3.32. The third-order valence-electron chi connectivity index (χ3n) is 7.16. The van der Waals surface area contributed by atoms with Gasteiger partial charge in [0.1, 0.15) is 30.7 Å². The second-order valence-electron chi connectivity index (χ2n) is 11.6. The van der Waals surface area contributed by atoms with E-state index in [1.165, 1.54) is 33.3 Å². The van der Waals surface area contributed by atoms with E-state index in [1.54, 1.807) is 12.1 Å². The molecule has 1 fully saturated rings. The molecule has 0 spiro atoms. The lowest BCUT2D eigenvalue weighted by Gasteiger charge is -2.44. The van der Waals surface area contributed by atoms with E-state index < -0.39 is 60.5 Å². The van der Waals surface area contributed by atoms with Gasteiger partial charge in [0.2, 0.25) is 0 Å². The van der Waals surface area contributed by atoms with Crippen molar-refractivity contribution in [3.63, 3.8) is 0 Å². The van der Waals surface area contributed by atoms with E-state index in [2.05, 4.69) is 32.9 Å². The van der Waals surface area contributed by atoms with Gasteiger partial charge >= 0.3 is 23.9 Å². The smallest absolute Gasteiger partial charge is 0.303 e. The fraction of sp³-hybridized carbons (Fsp3) is 0.500. The number of hydrogen-bond acceptors (Lipinski definition) is 11. The molecule has 0 amide bonds. The molecule has 0 aromatic heterocycles. The van der Waals surface area contributed by atoms with Crippen molar-refractivity contribution < 1.29 is 52.3 Å². The largest absolute Gasteiger partial charge is 0.467 e. The first-order chi connectivity index (χ1) is 20.2. The van der Waals surface area contributed by atoms with Gasteiger partial charge in [-0.25, -0.2) is 0 Å². The Labute approximate surface area is 250 Å². The molecule has 0 N–H and O–H groups in total. The number of benzene rings is 2. The van der Waals surface area contributed by atoms with Gasteiger partial charge in [0, 0.05) is 33.3 Å². The summed E-state index contributed by atoms with van der Waals surface area (Å²) in [6.07, 6.45) is -6.26. The number of esters is 4. The Kier molecular flexibility index (Phi) is 9.76. The molecule has 0 radical (unpaired) electrons. The summed E-state index contributed by atoms with van der Waals surface area (Å²) in [6.45, 7) is 11.0. The number of carbonyl (C=O) groups excluding carboxylic acids is 4.